The summed E-state index contributed by atoms with van der Waals surface area (Å²) in [5.74, 6) is 0.598. The van der Waals surface area contributed by atoms with Crippen molar-refractivity contribution in [1.82, 2.24) is 9.88 Å². The van der Waals surface area contributed by atoms with Crippen molar-refractivity contribution in [3.05, 3.63) is 16.1 Å². The van der Waals surface area contributed by atoms with E-state index in [-0.39, 0.29) is 6.10 Å². The smallest absolute Gasteiger partial charge is 0.0960 e. The highest BCUT2D eigenvalue weighted by Crippen LogP contribution is 2.30. The lowest BCUT2D eigenvalue weighted by atomic mass is 9.97. The third-order valence-electron chi connectivity index (χ3n) is 4.74. The number of hydrogen-bond acceptors (Lipinski definition) is 6. The van der Waals surface area contributed by atoms with Crippen LogP contribution in [0.25, 0.3) is 0 Å². The molecule has 5 nitrogen and oxygen atoms in total. The van der Waals surface area contributed by atoms with E-state index in [1.165, 1.54) is 5.01 Å². The Kier molecular flexibility index (Phi) is 6.42. The predicted octanol–water partition coefficient (Wildman–Crippen LogP) is 2.19. The van der Waals surface area contributed by atoms with Crippen LogP contribution in [0.4, 0.5) is 0 Å². The number of thiazole rings is 1. The monoisotopic (exact) mass is 340 g/mol. The van der Waals surface area contributed by atoms with Gasteiger partial charge >= 0.3 is 0 Å². The number of rotatable bonds is 6. The number of β-amino-alcohol motifs (C(OH)–C–C–N with tert-alkyl or cyclic N) is 1. The van der Waals surface area contributed by atoms with Gasteiger partial charge < -0.3 is 19.5 Å². The summed E-state index contributed by atoms with van der Waals surface area (Å²) >= 11 is 1.79. The molecule has 0 radical (unpaired) electrons. The van der Waals surface area contributed by atoms with Crippen LogP contribution >= 0.6 is 11.3 Å². The average Bonchev–Trinajstić information content (AvgIpc) is 3.01. The molecule has 2 fully saturated rings. The Morgan fingerprint density at radius 3 is 2.74 bits per heavy atom. The molecule has 130 valence electrons. The summed E-state index contributed by atoms with van der Waals surface area (Å²) in [5.41, 5.74) is 1.13. The molecule has 0 aromatic carbocycles. The Bertz CT molecular complexity index is 468. The van der Waals surface area contributed by atoms with Gasteiger partial charge in [-0.3, -0.25) is 0 Å². The summed E-state index contributed by atoms with van der Waals surface area (Å²) < 4.78 is 11.1. The summed E-state index contributed by atoms with van der Waals surface area (Å²) in [7, 11) is 0. The predicted molar refractivity (Wildman–Crippen MR) is 91.1 cm³/mol. The molecule has 0 amide bonds. The summed E-state index contributed by atoms with van der Waals surface area (Å²) in [6.07, 6.45) is 4.05. The first-order valence-electron chi connectivity index (χ1n) is 8.72. The molecule has 3 rings (SSSR count). The van der Waals surface area contributed by atoms with Crippen molar-refractivity contribution in [2.75, 3.05) is 39.5 Å². The number of likely N-dealkylation sites (tertiary alicyclic amines) is 1. The fraction of sp³-hybridized carbons (Fsp3) is 0.824. The topological polar surface area (TPSA) is 54.8 Å². The van der Waals surface area contributed by atoms with Crippen molar-refractivity contribution in [2.24, 2.45) is 0 Å². The first-order chi connectivity index (χ1) is 11.2. The molecule has 1 atom stereocenters. The van der Waals surface area contributed by atoms with Crippen molar-refractivity contribution in [3.8, 4) is 0 Å². The number of aliphatic hydroxyl groups is 1. The molecule has 2 aliphatic heterocycles. The van der Waals surface area contributed by atoms with Crippen LogP contribution < -0.4 is 0 Å². The fourth-order valence-electron chi connectivity index (χ4n) is 3.36. The molecule has 0 saturated carbocycles. The van der Waals surface area contributed by atoms with E-state index >= 15 is 0 Å². The van der Waals surface area contributed by atoms with Gasteiger partial charge in [0.15, 0.2) is 0 Å². The molecule has 3 heterocycles. The van der Waals surface area contributed by atoms with Crippen LogP contribution in [0.5, 0.6) is 0 Å². The lowest BCUT2D eigenvalue weighted by molar-refractivity contribution is -0.0649. The second-order valence-corrected chi connectivity index (χ2v) is 7.59. The number of piperidine rings is 1. The Morgan fingerprint density at radius 2 is 2.09 bits per heavy atom. The van der Waals surface area contributed by atoms with Gasteiger partial charge in [0.1, 0.15) is 0 Å². The fourth-order valence-corrected chi connectivity index (χ4v) is 4.33. The van der Waals surface area contributed by atoms with E-state index in [2.05, 4.69) is 22.2 Å². The number of nitrogens with zero attached hydrogens (tertiary/aromatic N) is 2. The van der Waals surface area contributed by atoms with Crippen LogP contribution in [-0.4, -0.2) is 66.7 Å². The summed E-state index contributed by atoms with van der Waals surface area (Å²) in [4.78, 5) is 6.98. The maximum Gasteiger partial charge on any atom is 0.0960 e. The molecular weight excluding hydrogens is 312 g/mol. The minimum Gasteiger partial charge on any atom is -0.389 e. The zero-order valence-corrected chi connectivity index (χ0v) is 14.8. The lowest BCUT2D eigenvalue weighted by Gasteiger charge is -2.32. The molecule has 1 unspecified atom stereocenters. The van der Waals surface area contributed by atoms with Gasteiger partial charge in [0.05, 0.1) is 23.8 Å². The van der Waals surface area contributed by atoms with Gasteiger partial charge in [0, 0.05) is 36.8 Å². The van der Waals surface area contributed by atoms with Crippen LogP contribution in [0.15, 0.2) is 5.38 Å². The Morgan fingerprint density at radius 1 is 1.35 bits per heavy atom. The normalized spacial score (nSPS) is 23.2. The van der Waals surface area contributed by atoms with Crippen molar-refractivity contribution in [2.45, 2.75) is 50.7 Å². The molecule has 23 heavy (non-hydrogen) atoms. The molecule has 0 bridgehead atoms. The van der Waals surface area contributed by atoms with Crippen molar-refractivity contribution >= 4 is 11.3 Å². The lowest BCUT2D eigenvalue weighted by Crippen LogP contribution is -2.40. The highest BCUT2D eigenvalue weighted by Gasteiger charge is 2.24. The van der Waals surface area contributed by atoms with Crippen LogP contribution in [0, 0.1) is 6.92 Å². The molecule has 0 spiro atoms. The van der Waals surface area contributed by atoms with Gasteiger partial charge in [-0.1, -0.05) is 0 Å². The minimum atomic E-state index is -0.392. The molecule has 1 aromatic rings. The van der Waals surface area contributed by atoms with E-state index in [4.69, 9.17) is 9.47 Å². The van der Waals surface area contributed by atoms with E-state index < -0.39 is 6.10 Å². The standard InChI is InChI=1S/C17H28N2O3S/c1-13-12-23-17(18-13)14-2-6-19(7-3-14)10-15(20)11-22-16-4-8-21-9-5-16/h12,14-16,20H,2-11H2,1H3. The highest BCUT2D eigenvalue weighted by molar-refractivity contribution is 7.09. The van der Waals surface area contributed by atoms with Gasteiger partial charge in [0.2, 0.25) is 0 Å². The minimum absolute atomic E-state index is 0.261. The largest absolute Gasteiger partial charge is 0.389 e. The zero-order chi connectivity index (χ0) is 16.1. The Labute approximate surface area is 142 Å². The summed E-state index contributed by atoms with van der Waals surface area (Å²) in [6, 6.07) is 0. The maximum atomic E-state index is 10.2. The van der Waals surface area contributed by atoms with E-state index in [1.54, 1.807) is 11.3 Å². The number of ether oxygens (including phenoxy) is 2. The van der Waals surface area contributed by atoms with E-state index in [9.17, 15) is 5.11 Å². The second-order valence-electron chi connectivity index (χ2n) is 6.70. The van der Waals surface area contributed by atoms with Crippen LogP contribution in [0.2, 0.25) is 0 Å². The van der Waals surface area contributed by atoms with E-state index in [0.29, 0.717) is 19.1 Å². The first kappa shape index (κ1) is 17.3. The Balaban J connectivity index is 1.34. The zero-order valence-electron chi connectivity index (χ0n) is 13.9. The summed E-state index contributed by atoms with van der Waals surface area (Å²) in [5, 5.41) is 13.6. The molecule has 2 aliphatic rings. The molecule has 0 aliphatic carbocycles. The SMILES string of the molecule is Cc1csc(C2CCN(CC(O)COC3CCOCC3)CC2)n1. The third-order valence-corrected chi connectivity index (χ3v) is 5.86. The molecule has 2 saturated heterocycles. The number of aliphatic hydroxyl groups excluding tert-OH is 1. The molecule has 6 heteroatoms. The number of hydrogen-bond donors (Lipinski definition) is 1. The van der Waals surface area contributed by atoms with Crippen LogP contribution in [0.3, 0.4) is 0 Å². The van der Waals surface area contributed by atoms with Gasteiger partial charge in [-0.05, 0) is 45.7 Å². The van der Waals surface area contributed by atoms with Crippen molar-refractivity contribution in [3.63, 3.8) is 0 Å². The first-order valence-corrected chi connectivity index (χ1v) is 9.60. The third kappa shape index (κ3) is 5.22. The van der Waals surface area contributed by atoms with E-state index in [1.807, 2.05) is 0 Å². The van der Waals surface area contributed by atoms with E-state index in [0.717, 1.165) is 57.7 Å². The summed E-state index contributed by atoms with van der Waals surface area (Å²) in [6.45, 7) is 6.86. The number of aromatic nitrogens is 1. The maximum absolute atomic E-state index is 10.2. The van der Waals surface area contributed by atoms with Crippen LogP contribution in [-0.2, 0) is 9.47 Å². The number of aryl methyl sites for hydroxylation is 1. The van der Waals surface area contributed by atoms with Crippen molar-refractivity contribution < 1.29 is 14.6 Å². The molecule has 1 aromatic heterocycles. The van der Waals surface area contributed by atoms with Gasteiger partial charge in [-0.2, -0.15) is 0 Å². The average molecular weight is 340 g/mol. The highest BCUT2D eigenvalue weighted by atomic mass is 32.1. The van der Waals surface area contributed by atoms with Gasteiger partial charge in [0.25, 0.3) is 0 Å². The molecular formula is C17H28N2O3S. The molecule has 1 N–H and O–H groups in total. The second kappa shape index (κ2) is 8.53. The quantitative estimate of drug-likeness (QED) is 0.860. The van der Waals surface area contributed by atoms with Crippen molar-refractivity contribution in [1.29, 1.82) is 0 Å². The Hall–Kier alpha value is -0.530. The van der Waals surface area contributed by atoms with Crippen LogP contribution in [0.1, 0.15) is 42.3 Å². The van der Waals surface area contributed by atoms with Gasteiger partial charge in [-0.25, -0.2) is 4.98 Å². The van der Waals surface area contributed by atoms with Gasteiger partial charge in [-0.15, -0.1) is 11.3 Å².